The number of halogens is 2. The minimum Gasteiger partial charge on any atom is -0.309 e. The van der Waals surface area contributed by atoms with E-state index in [9.17, 15) is 4.39 Å². The molecule has 1 heterocycles. The zero-order valence-corrected chi connectivity index (χ0v) is 13.3. The fourth-order valence-electron chi connectivity index (χ4n) is 1.76. The van der Waals surface area contributed by atoms with Crippen molar-refractivity contribution in [3.05, 3.63) is 39.6 Å². The van der Waals surface area contributed by atoms with Gasteiger partial charge in [-0.2, -0.15) is 0 Å². The van der Waals surface area contributed by atoms with Crippen LogP contribution in [0.4, 0.5) is 4.39 Å². The molecule has 0 aliphatic carbocycles. The number of rotatable bonds is 5. The normalized spacial score (nSPS) is 12.6. The lowest BCUT2D eigenvalue weighted by molar-refractivity contribution is 0.561. The van der Waals surface area contributed by atoms with E-state index in [0.717, 1.165) is 33.7 Å². The Bertz CT molecular complexity index is 536. The van der Waals surface area contributed by atoms with Crippen LogP contribution in [0.2, 0.25) is 0 Å². The topological polar surface area (TPSA) is 24.9 Å². The second kappa shape index (κ2) is 6.59. The minimum atomic E-state index is -0.252. The Morgan fingerprint density at radius 1 is 1.42 bits per heavy atom. The molecule has 0 amide bonds. The first-order valence-corrected chi connectivity index (χ1v) is 7.92. The molecule has 0 fully saturated rings. The fraction of sp³-hybridized carbons (Fsp3) is 0.357. The molecule has 0 bridgehead atoms. The van der Waals surface area contributed by atoms with Gasteiger partial charge in [0.25, 0.3) is 0 Å². The van der Waals surface area contributed by atoms with Crippen LogP contribution in [0, 0.1) is 5.82 Å². The quantitative estimate of drug-likeness (QED) is 0.846. The van der Waals surface area contributed by atoms with Gasteiger partial charge in [-0.25, -0.2) is 9.37 Å². The van der Waals surface area contributed by atoms with Crippen LogP contribution in [0.5, 0.6) is 0 Å². The van der Waals surface area contributed by atoms with E-state index in [1.165, 1.54) is 12.1 Å². The molecule has 1 atom stereocenters. The molecule has 0 spiro atoms. The van der Waals surface area contributed by atoms with Crippen LogP contribution in [-0.2, 0) is 0 Å². The summed E-state index contributed by atoms with van der Waals surface area (Å²) < 4.78 is 14.1. The Balaban J connectivity index is 2.20. The maximum atomic E-state index is 13.4. The predicted molar refractivity (Wildman–Crippen MR) is 81.9 cm³/mol. The Morgan fingerprint density at radius 2 is 2.21 bits per heavy atom. The van der Waals surface area contributed by atoms with Gasteiger partial charge in [0, 0.05) is 21.5 Å². The molecule has 1 N–H and O–H groups in total. The standard InChI is InChI=1S/C14H16BrFN2S/c1-3-4-17-9(2)13-8-19-14(18-13)10-5-11(15)7-12(16)6-10/h5-9,17H,3-4H2,1-2H3. The van der Waals surface area contributed by atoms with Crippen LogP contribution in [0.25, 0.3) is 10.6 Å². The zero-order valence-electron chi connectivity index (χ0n) is 10.9. The third-order valence-corrected chi connectivity index (χ3v) is 4.14. The first-order valence-electron chi connectivity index (χ1n) is 6.25. The molecular formula is C14H16BrFN2S. The number of aromatic nitrogens is 1. The lowest BCUT2D eigenvalue weighted by Crippen LogP contribution is -2.19. The Morgan fingerprint density at radius 3 is 2.89 bits per heavy atom. The Hall–Kier alpha value is -0.780. The maximum Gasteiger partial charge on any atom is 0.125 e. The number of thiazole rings is 1. The average molecular weight is 343 g/mol. The number of benzene rings is 1. The van der Waals surface area contributed by atoms with E-state index in [0.29, 0.717) is 0 Å². The summed E-state index contributed by atoms with van der Waals surface area (Å²) in [4.78, 5) is 4.58. The summed E-state index contributed by atoms with van der Waals surface area (Å²) >= 11 is 4.85. The van der Waals surface area contributed by atoms with E-state index in [2.05, 4.69) is 40.1 Å². The lowest BCUT2D eigenvalue weighted by Gasteiger charge is -2.09. The molecular weight excluding hydrogens is 327 g/mol. The van der Waals surface area contributed by atoms with E-state index in [1.54, 1.807) is 11.3 Å². The molecule has 19 heavy (non-hydrogen) atoms. The molecule has 102 valence electrons. The van der Waals surface area contributed by atoms with Crippen molar-refractivity contribution in [1.29, 1.82) is 0 Å². The summed E-state index contributed by atoms with van der Waals surface area (Å²) in [6, 6.07) is 5.07. The monoisotopic (exact) mass is 342 g/mol. The highest BCUT2D eigenvalue weighted by Gasteiger charge is 2.11. The van der Waals surface area contributed by atoms with Gasteiger partial charge in [0.15, 0.2) is 0 Å². The van der Waals surface area contributed by atoms with Crippen LogP contribution in [0.15, 0.2) is 28.1 Å². The van der Waals surface area contributed by atoms with Gasteiger partial charge in [0.05, 0.1) is 5.69 Å². The van der Waals surface area contributed by atoms with Gasteiger partial charge < -0.3 is 5.32 Å². The molecule has 1 aromatic heterocycles. The average Bonchev–Trinajstić information content (AvgIpc) is 2.84. The van der Waals surface area contributed by atoms with Crippen molar-refractivity contribution in [3.8, 4) is 10.6 Å². The smallest absolute Gasteiger partial charge is 0.125 e. The number of nitrogens with zero attached hydrogens (tertiary/aromatic N) is 1. The summed E-state index contributed by atoms with van der Waals surface area (Å²) in [6.45, 7) is 5.20. The summed E-state index contributed by atoms with van der Waals surface area (Å²) in [5.41, 5.74) is 1.82. The molecule has 1 aromatic carbocycles. The van der Waals surface area contributed by atoms with Crippen molar-refractivity contribution in [2.45, 2.75) is 26.3 Å². The van der Waals surface area contributed by atoms with Gasteiger partial charge in [0.2, 0.25) is 0 Å². The van der Waals surface area contributed by atoms with Gasteiger partial charge in [-0.1, -0.05) is 22.9 Å². The Labute approximate surface area is 125 Å². The minimum absolute atomic E-state index is 0.224. The third kappa shape index (κ3) is 3.84. The predicted octanol–water partition coefficient (Wildman–Crippen LogP) is 4.77. The van der Waals surface area contributed by atoms with Crippen LogP contribution < -0.4 is 5.32 Å². The van der Waals surface area contributed by atoms with E-state index in [1.807, 2.05) is 11.4 Å². The van der Waals surface area contributed by atoms with Gasteiger partial charge >= 0.3 is 0 Å². The summed E-state index contributed by atoms with van der Waals surface area (Å²) in [5.74, 6) is -0.252. The molecule has 2 aromatic rings. The fourth-order valence-corrected chi connectivity index (χ4v) is 3.13. The summed E-state index contributed by atoms with van der Waals surface area (Å²) in [5, 5.41) is 6.27. The maximum absolute atomic E-state index is 13.4. The molecule has 5 heteroatoms. The first-order chi connectivity index (χ1) is 9.10. The molecule has 2 nitrogen and oxygen atoms in total. The van der Waals surface area contributed by atoms with Crippen molar-refractivity contribution in [2.75, 3.05) is 6.54 Å². The molecule has 2 rings (SSSR count). The first kappa shape index (κ1) is 14.6. The van der Waals surface area contributed by atoms with Crippen LogP contribution >= 0.6 is 27.3 Å². The molecule has 0 radical (unpaired) electrons. The van der Waals surface area contributed by atoms with Crippen molar-refractivity contribution in [2.24, 2.45) is 0 Å². The van der Waals surface area contributed by atoms with Gasteiger partial charge in [-0.3, -0.25) is 0 Å². The van der Waals surface area contributed by atoms with Crippen LogP contribution in [0.1, 0.15) is 32.0 Å². The SMILES string of the molecule is CCCNC(C)c1csc(-c2cc(F)cc(Br)c2)n1. The van der Waals surface area contributed by atoms with Gasteiger partial charge in [-0.05, 0) is 38.1 Å². The lowest BCUT2D eigenvalue weighted by atomic mass is 10.2. The van der Waals surface area contributed by atoms with Crippen molar-refractivity contribution in [3.63, 3.8) is 0 Å². The van der Waals surface area contributed by atoms with E-state index in [4.69, 9.17) is 0 Å². The largest absolute Gasteiger partial charge is 0.309 e. The van der Waals surface area contributed by atoms with Crippen molar-refractivity contribution >= 4 is 27.3 Å². The molecule has 0 aliphatic rings. The summed E-state index contributed by atoms with van der Waals surface area (Å²) in [7, 11) is 0. The third-order valence-electron chi connectivity index (χ3n) is 2.78. The van der Waals surface area contributed by atoms with Crippen molar-refractivity contribution < 1.29 is 4.39 Å². The second-order valence-corrected chi connectivity index (χ2v) is 6.19. The highest BCUT2D eigenvalue weighted by molar-refractivity contribution is 9.10. The second-order valence-electron chi connectivity index (χ2n) is 4.41. The number of nitrogens with one attached hydrogen (secondary N) is 1. The van der Waals surface area contributed by atoms with Gasteiger partial charge in [-0.15, -0.1) is 11.3 Å². The molecule has 0 saturated heterocycles. The molecule has 0 aliphatic heterocycles. The highest BCUT2D eigenvalue weighted by atomic mass is 79.9. The van der Waals surface area contributed by atoms with Crippen LogP contribution in [-0.4, -0.2) is 11.5 Å². The molecule has 0 saturated carbocycles. The van der Waals surface area contributed by atoms with E-state index < -0.39 is 0 Å². The highest BCUT2D eigenvalue weighted by Crippen LogP contribution is 2.29. The van der Waals surface area contributed by atoms with Crippen LogP contribution in [0.3, 0.4) is 0 Å². The molecule has 1 unspecified atom stereocenters. The Kier molecular flexibility index (Phi) is 5.07. The number of hydrogen-bond donors (Lipinski definition) is 1. The van der Waals surface area contributed by atoms with Crippen molar-refractivity contribution in [1.82, 2.24) is 10.3 Å². The van der Waals surface area contributed by atoms with Gasteiger partial charge in [0.1, 0.15) is 10.8 Å². The number of hydrogen-bond acceptors (Lipinski definition) is 3. The summed E-state index contributed by atoms with van der Waals surface area (Å²) in [6.07, 6.45) is 1.10. The van der Waals surface area contributed by atoms with E-state index >= 15 is 0 Å². The van der Waals surface area contributed by atoms with E-state index in [-0.39, 0.29) is 11.9 Å². The zero-order chi connectivity index (χ0) is 13.8.